The van der Waals surface area contributed by atoms with Gasteiger partial charge in [-0.15, -0.1) is 0 Å². The predicted octanol–water partition coefficient (Wildman–Crippen LogP) is 15.1. The molecule has 58 heavy (non-hydrogen) atoms. The van der Waals surface area contributed by atoms with Crippen molar-refractivity contribution in [3.05, 3.63) is 218 Å². The summed E-state index contributed by atoms with van der Waals surface area (Å²) in [5.74, 6) is 0. The fraction of sp³-hybridized carbons (Fsp3) is 0.0357. The molecule has 2 aromatic heterocycles. The van der Waals surface area contributed by atoms with E-state index < -0.39 is 0 Å². The number of hydrogen-bond donors (Lipinski definition) is 0. The van der Waals surface area contributed by atoms with Crippen molar-refractivity contribution >= 4 is 43.6 Å². The van der Waals surface area contributed by atoms with E-state index in [1.54, 1.807) is 0 Å². The topological polar surface area (TPSA) is 9.86 Å². The molecule has 0 aliphatic heterocycles. The maximum absolute atomic E-state index is 2.41. The lowest BCUT2D eigenvalue weighted by Gasteiger charge is -2.13. The quantitative estimate of drug-likeness (QED) is 0.154. The van der Waals surface area contributed by atoms with E-state index in [0.717, 1.165) is 12.1 Å². The molecule has 0 unspecified atom stereocenters. The molecule has 0 atom stereocenters. The Morgan fingerprint density at radius 3 is 1.28 bits per heavy atom. The van der Waals surface area contributed by atoms with Gasteiger partial charge in [0, 0.05) is 32.9 Å². The molecule has 0 amide bonds. The van der Waals surface area contributed by atoms with Gasteiger partial charge in [0.25, 0.3) is 0 Å². The largest absolute Gasteiger partial charge is 0.309 e. The molecular formula is C56H40N2. The Morgan fingerprint density at radius 2 is 0.707 bits per heavy atom. The molecule has 274 valence electrons. The van der Waals surface area contributed by atoms with Crippen LogP contribution in [-0.4, -0.2) is 9.13 Å². The molecule has 0 radical (unpaired) electrons. The van der Waals surface area contributed by atoms with E-state index >= 15 is 0 Å². The minimum Gasteiger partial charge on any atom is -0.309 e. The Bertz CT molecular complexity index is 3220. The molecule has 11 aromatic rings. The zero-order valence-corrected chi connectivity index (χ0v) is 32.3. The van der Waals surface area contributed by atoms with Crippen LogP contribution in [0.2, 0.25) is 0 Å². The van der Waals surface area contributed by atoms with E-state index in [1.165, 1.54) is 99.4 Å². The predicted molar refractivity (Wildman–Crippen MR) is 246 cm³/mol. The Hall–Kier alpha value is -7.42. The molecule has 11 rings (SSSR count). The number of rotatable bonds is 7. The molecular weight excluding hydrogens is 701 g/mol. The van der Waals surface area contributed by atoms with E-state index in [-0.39, 0.29) is 0 Å². The summed E-state index contributed by atoms with van der Waals surface area (Å²) in [4.78, 5) is 0. The lowest BCUT2D eigenvalue weighted by atomic mass is 9.93. The van der Waals surface area contributed by atoms with Crippen molar-refractivity contribution in [3.8, 4) is 55.9 Å². The monoisotopic (exact) mass is 740 g/mol. The van der Waals surface area contributed by atoms with Gasteiger partial charge >= 0.3 is 0 Å². The van der Waals surface area contributed by atoms with Gasteiger partial charge in [-0.25, -0.2) is 0 Å². The highest BCUT2D eigenvalue weighted by Crippen LogP contribution is 2.39. The third-order valence-corrected chi connectivity index (χ3v) is 11.9. The van der Waals surface area contributed by atoms with Crippen LogP contribution in [0.15, 0.2) is 212 Å². The Morgan fingerprint density at radius 1 is 0.276 bits per heavy atom. The minimum atomic E-state index is 1.01. The number of aromatic nitrogens is 2. The number of hydrogen-bond acceptors (Lipinski definition) is 0. The first-order chi connectivity index (χ1) is 28.7. The summed E-state index contributed by atoms with van der Waals surface area (Å²) in [7, 11) is 0. The summed E-state index contributed by atoms with van der Waals surface area (Å²) in [5.41, 5.74) is 18.2. The number of nitrogens with zero attached hydrogens (tertiary/aromatic N) is 2. The van der Waals surface area contributed by atoms with E-state index in [4.69, 9.17) is 0 Å². The maximum Gasteiger partial charge on any atom is 0.0543 e. The molecule has 2 heterocycles. The molecule has 0 bridgehead atoms. The molecule has 0 aliphatic rings. The van der Waals surface area contributed by atoms with Crippen molar-refractivity contribution in [2.45, 2.75) is 13.3 Å². The third kappa shape index (κ3) is 5.73. The second kappa shape index (κ2) is 14.0. The molecule has 2 heteroatoms. The Balaban J connectivity index is 1.01. The second-order valence-electron chi connectivity index (χ2n) is 15.3. The summed E-state index contributed by atoms with van der Waals surface area (Å²) < 4.78 is 4.83. The molecule has 0 saturated heterocycles. The highest BCUT2D eigenvalue weighted by molar-refractivity contribution is 6.12. The van der Waals surface area contributed by atoms with Gasteiger partial charge in [-0.3, -0.25) is 0 Å². The van der Waals surface area contributed by atoms with Crippen molar-refractivity contribution in [2.75, 3.05) is 0 Å². The van der Waals surface area contributed by atoms with Crippen molar-refractivity contribution in [2.24, 2.45) is 0 Å². The molecule has 0 fully saturated rings. The average molecular weight is 741 g/mol. The molecule has 0 spiro atoms. The standard InChI is InChI=1S/C56H40N2/c1-2-38-22-29-50-52-37-43(26-31-55(52)58(56(50)32-38)47-18-10-5-11-19-47)42-25-30-54-51(36-42)49-20-12-13-21-53(49)57(54)48-27-23-41(24-28-48)46-34-44(39-14-6-3-7-15-39)33-45(35-46)40-16-8-4-9-17-40/h3-37H,2H2,1H3. The van der Waals surface area contributed by atoms with Gasteiger partial charge in [0.15, 0.2) is 0 Å². The van der Waals surface area contributed by atoms with Crippen LogP contribution in [0.4, 0.5) is 0 Å². The minimum absolute atomic E-state index is 1.01. The number of aryl methyl sites for hydroxylation is 1. The van der Waals surface area contributed by atoms with Crippen LogP contribution < -0.4 is 0 Å². The fourth-order valence-electron chi connectivity index (χ4n) is 8.94. The van der Waals surface area contributed by atoms with Crippen molar-refractivity contribution in [3.63, 3.8) is 0 Å². The Labute approximate surface area is 338 Å². The van der Waals surface area contributed by atoms with Crippen LogP contribution >= 0.6 is 0 Å². The van der Waals surface area contributed by atoms with Crippen LogP contribution in [-0.2, 0) is 6.42 Å². The van der Waals surface area contributed by atoms with Gasteiger partial charge in [-0.2, -0.15) is 0 Å². The van der Waals surface area contributed by atoms with Gasteiger partial charge in [0.1, 0.15) is 0 Å². The van der Waals surface area contributed by atoms with E-state index in [2.05, 4.69) is 228 Å². The molecule has 2 nitrogen and oxygen atoms in total. The van der Waals surface area contributed by atoms with E-state index in [0.29, 0.717) is 0 Å². The number of benzene rings is 9. The van der Waals surface area contributed by atoms with Crippen molar-refractivity contribution in [1.29, 1.82) is 0 Å². The Kier molecular flexibility index (Phi) is 8.15. The van der Waals surface area contributed by atoms with Crippen molar-refractivity contribution < 1.29 is 0 Å². The van der Waals surface area contributed by atoms with Crippen molar-refractivity contribution in [1.82, 2.24) is 9.13 Å². The van der Waals surface area contributed by atoms with Crippen LogP contribution in [0, 0.1) is 0 Å². The first-order valence-electron chi connectivity index (χ1n) is 20.2. The van der Waals surface area contributed by atoms with Gasteiger partial charge in [-0.1, -0.05) is 140 Å². The molecule has 0 saturated carbocycles. The lowest BCUT2D eigenvalue weighted by Crippen LogP contribution is -1.94. The van der Waals surface area contributed by atoms with E-state index in [1.807, 2.05) is 0 Å². The van der Waals surface area contributed by atoms with Crippen LogP contribution in [0.25, 0.3) is 99.5 Å². The first-order valence-corrected chi connectivity index (χ1v) is 20.2. The number of para-hydroxylation sites is 2. The van der Waals surface area contributed by atoms with Gasteiger partial charge in [-0.05, 0) is 135 Å². The maximum atomic E-state index is 2.41. The van der Waals surface area contributed by atoms with E-state index in [9.17, 15) is 0 Å². The number of fused-ring (bicyclic) bond motifs is 6. The first kappa shape index (κ1) is 33.9. The smallest absolute Gasteiger partial charge is 0.0543 e. The zero-order chi connectivity index (χ0) is 38.6. The molecule has 0 aliphatic carbocycles. The van der Waals surface area contributed by atoms with Crippen LogP contribution in [0.5, 0.6) is 0 Å². The van der Waals surface area contributed by atoms with Crippen LogP contribution in [0.1, 0.15) is 12.5 Å². The van der Waals surface area contributed by atoms with Gasteiger partial charge in [0.2, 0.25) is 0 Å². The lowest BCUT2D eigenvalue weighted by molar-refractivity contribution is 1.13. The highest BCUT2D eigenvalue weighted by Gasteiger charge is 2.17. The fourth-order valence-corrected chi connectivity index (χ4v) is 8.94. The highest BCUT2D eigenvalue weighted by atomic mass is 15.0. The summed E-state index contributed by atoms with van der Waals surface area (Å²) >= 11 is 0. The van der Waals surface area contributed by atoms with Gasteiger partial charge in [0.05, 0.1) is 22.1 Å². The molecule has 9 aromatic carbocycles. The molecule has 0 N–H and O–H groups in total. The summed E-state index contributed by atoms with van der Waals surface area (Å²) in [6.07, 6.45) is 1.01. The summed E-state index contributed by atoms with van der Waals surface area (Å²) in [6.45, 7) is 2.23. The summed E-state index contributed by atoms with van der Waals surface area (Å²) in [6, 6.07) is 77.8. The average Bonchev–Trinajstić information content (AvgIpc) is 3.81. The SMILES string of the molecule is CCc1ccc2c3cc(-c4ccc5c(c4)c4ccccc4n5-c4ccc(-c5cc(-c6ccccc6)cc(-c6ccccc6)c5)cc4)ccc3n(-c3ccccc3)c2c1. The zero-order valence-electron chi connectivity index (χ0n) is 32.3. The van der Waals surface area contributed by atoms with Gasteiger partial charge < -0.3 is 9.13 Å². The normalized spacial score (nSPS) is 11.6. The third-order valence-electron chi connectivity index (χ3n) is 11.9. The van der Waals surface area contributed by atoms with Crippen LogP contribution in [0.3, 0.4) is 0 Å². The summed E-state index contributed by atoms with van der Waals surface area (Å²) in [5, 5.41) is 5.05. The second-order valence-corrected chi connectivity index (χ2v) is 15.3.